The molecule has 2 unspecified atom stereocenters. The summed E-state index contributed by atoms with van der Waals surface area (Å²) in [6.45, 7) is 1.83. The fraction of sp³-hybridized carbons (Fsp3) is 0.611. The number of alkyl halides is 3. The molecule has 9 heteroatoms. The SMILES string of the molecule is CCNC(=NCc1cccc(OCC(F)(F)F)c1)NC1CCC(SC)C1.I. The van der Waals surface area contributed by atoms with E-state index in [0.717, 1.165) is 30.9 Å². The number of thioether (sulfide) groups is 1. The number of ether oxygens (including phenoxy) is 1. The lowest BCUT2D eigenvalue weighted by Crippen LogP contribution is -2.42. The zero-order valence-electron chi connectivity index (χ0n) is 15.5. The lowest BCUT2D eigenvalue weighted by molar-refractivity contribution is -0.153. The van der Waals surface area contributed by atoms with E-state index in [1.165, 1.54) is 12.5 Å². The van der Waals surface area contributed by atoms with Crippen molar-refractivity contribution in [3.8, 4) is 5.75 Å². The van der Waals surface area contributed by atoms with Gasteiger partial charge < -0.3 is 15.4 Å². The van der Waals surface area contributed by atoms with E-state index in [4.69, 9.17) is 4.74 Å². The number of benzene rings is 1. The molecule has 1 aromatic rings. The monoisotopic (exact) mass is 517 g/mol. The van der Waals surface area contributed by atoms with Gasteiger partial charge in [0.15, 0.2) is 12.6 Å². The molecule has 27 heavy (non-hydrogen) atoms. The summed E-state index contributed by atoms with van der Waals surface area (Å²) in [6.07, 6.45) is 1.24. The Bertz CT molecular complexity index is 601. The molecule has 2 rings (SSSR count). The minimum Gasteiger partial charge on any atom is -0.484 e. The second kappa shape index (κ2) is 11.9. The highest BCUT2D eigenvalue weighted by molar-refractivity contribution is 14.0. The Morgan fingerprint density at radius 3 is 2.74 bits per heavy atom. The third-order valence-corrected chi connectivity index (χ3v) is 5.22. The van der Waals surface area contributed by atoms with Gasteiger partial charge in [0, 0.05) is 17.8 Å². The first-order valence-corrected chi connectivity index (χ1v) is 10.0. The molecule has 0 aliphatic heterocycles. The Balaban J connectivity index is 0.00000364. The summed E-state index contributed by atoms with van der Waals surface area (Å²) in [4.78, 5) is 4.56. The number of hydrogen-bond donors (Lipinski definition) is 2. The molecule has 0 heterocycles. The maximum Gasteiger partial charge on any atom is 0.422 e. The van der Waals surface area contributed by atoms with Crippen LogP contribution in [0.5, 0.6) is 5.75 Å². The largest absolute Gasteiger partial charge is 0.484 e. The Labute approximate surface area is 180 Å². The second-order valence-corrected chi connectivity index (χ2v) is 7.40. The van der Waals surface area contributed by atoms with Crippen molar-refractivity contribution in [3.05, 3.63) is 29.8 Å². The third kappa shape index (κ3) is 9.27. The van der Waals surface area contributed by atoms with E-state index in [-0.39, 0.29) is 29.7 Å². The van der Waals surface area contributed by atoms with Crippen molar-refractivity contribution in [2.75, 3.05) is 19.4 Å². The molecule has 154 valence electrons. The molecule has 0 saturated heterocycles. The van der Waals surface area contributed by atoms with Crippen LogP contribution in [0.4, 0.5) is 13.2 Å². The van der Waals surface area contributed by atoms with Crippen LogP contribution >= 0.6 is 35.7 Å². The second-order valence-electron chi connectivity index (χ2n) is 6.26. The van der Waals surface area contributed by atoms with Crippen LogP contribution in [0.15, 0.2) is 29.3 Å². The molecule has 0 bridgehead atoms. The number of nitrogens with one attached hydrogen (secondary N) is 2. The highest BCUT2D eigenvalue weighted by Crippen LogP contribution is 2.28. The third-order valence-electron chi connectivity index (χ3n) is 4.12. The van der Waals surface area contributed by atoms with Gasteiger partial charge >= 0.3 is 6.18 Å². The van der Waals surface area contributed by atoms with Crippen LogP contribution in [0.2, 0.25) is 0 Å². The molecule has 4 nitrogen and oxygen atoms in total. The Morgan fingerprint density at radius 1 is 1.33 bits per heavy atom. The Kier molecular flexibility index (Phi) is 10.6. The van der Waals surface area contributed by atoms with Gasteiger partial charge in [-0.2, -0.15) is 24.9 Å². The topological polar surface area (TPSA) is 45.7 Å². The van der Waals surface area contributed by atoms with E-state index in [1.54, 1.807) is 12.1 Å². The minimum atomic E-state index is -4.34. The van der Waals surface area contributed by atoms with E-state index in [0.29, 0.717) is 17.8 Å². The number of nitrogens with zero attached hydrogens (tertiary/aromatic N) is 1. The smallest absolute Gasteiger partial charge is 0.422 e. The maximum atomic E-state index is 12.3. The van der Waals surface area contributed by atoms with Crippen LogP contribution in [0.25, 0.3) is 0 Å². The summed E-state index contributed by atoms with van der Waals surface area (Å²) in [7, 11) is 0. The van der Waals surface area contributed by atoms with Gasteiger partial charge in [0.1, 0.15) is 5.75 Å². The quantitative estimate of drug-likeness (QED) is 0.316. The number of guanidine groups is 1. The van der Waals surface area contributed by atoms with E-state index in [1.807, 2.05) is 24.8 Å². The molecule has 1 aromatic carbocycles. The lowest BCUT2D eigenvalue weighted by atomic mass is 10.2. The fourth-order valence-corrected chi connectivity index (χ4v) is 3.66. The van der Waals surface area contributed by atoms with Crippen LogP contribution in [-0.2, 0) is 6.54 Å². The summed E-state index contributed by atoms with van der Waals surface area (Å²) >= 11 is 1.90. The molecule has 1 saturated carbocycles. The molecule has 0 amide bonds. The van der Waals surface area contributed by atoms with Gasteiger partial charge in [-0.25, -0.2) is 4.99 Å². The van der Waals surface area contributed by atoms with E-state index >= 15 is 0 Å². The van der Waals surface area contributed by atoms with Crippen molar-refractivity contribution in [1.82, 2.24) is 10.6 Å². The maximum absolute atomic E-state index is 12.3. The summed E-state index contributed by atoms with van der Waals surface area (Å²) in [5.74, 6) is 0.937. The predicted molar refractivity (Wildman–Crippen MR) is 116 cm³/mol. The Hall–Kier alpha value is -0.840. The van der Waals surface area contributed by atoms with Crippen LogP contribution in [0.3, 0.4) is 0 Å². The standard InChI is InChI=1S/C18H26F3N3OS.HI/c1-3-22-17(24-14-7-8-16(10-14)26-2)23-11-13-5-4-6-15(9-13)25-12-18(19,20)21;/h4-6,9,14,16H,3,7-8,10-12H2,1-2H3,(H2,22,23,24);1H. The summed E-state index contributed by atoms with van der Waals surface area (Å²) in [5, 5.41) is 7.37. The minimum absolute atomic E-state index is 0. The number of rotatable bonds is 7. The molecule has 1 aliphatic rings. The first kappa shape index (κ1) is 24.2. The summed E-state index contributed by atoms with van der Waals surface area (Å²) < 4.78 is 41.6. The molecule has 0 radical (unpaired) electrons. The van der Waals surface area contributed by atoms with Gasteiger partial charge in [0.25, 0.3) is 0 Å². The molecule has 2 atom stereocenters. The first-order chi connectivity index (χ1) is 12.4. The molecule has 0 spiro atoms. The van der Waals surface area contributed by atoms with Crippen LogP contribution in [0.1, 0.15) is 31.7 Å². The zero-order chi connectivity index (χ0) is 19.0. The van der Waals surface area contributed by atoms with Gasteiger partial charge in [-0.3, -0.25) is 0 Å². The van der Waals surface area contributed by atoms with Gasteiger partial charge in [0.2, 0.25) is 0 Å². The number of halogens is 4. The van der Waals surface area contributed by atoms with Crippen molar-refractivity contribution in [3.63, 3.8) is 0 Å². The lowest BCUT2D eigenvalue weighted by Gasteiger charge is -2.17. The molecule has 1 aliphatic carbocycles. The molecule has 2 N–H and O–H groups in total. The van der Waals surface area contributed by atoms with E-state index < -0.39 is 12.8 Å². The fourth-order valence-electron chi connectivity index (χ4n) is 2.87. The van der Waals surface area contributed by atoms with Crippen molar-refractivity contribution in [2.45, 2.75) is 50.2 Å². The highest BCUT2D eigenvalue weighted by Gasteiger charge is 2.28. The predicted octanol–water partition coefficient (Wildman–Crippen LogP) is 4.58. The first-order valence-electron chi connectivity index (χ1n) is 8.75. The van der Waals surface area contributed by atoms with E-state index in [9.17, 15) is 13.2 Å². The van der Waals surface area contributed by atoms with Crippen molar-refractivity contribution >= 4 is 41.7 Å². The number of aliphatic imine (C=N–C) groups is 1. The molecule has 1 fully saturated rings. The highest BCUT2D eigenvalue weighted by atomic mass is 127. The van der Waals surface area contributed by atoms with Gasteiger partial charge in [-0.05, 0) is 50.1 Å². The molecular weight excluding hydrogens is 490 g/mol. The van der Waals surface area contributed by atoms with Gasteiger partial charge in [-0.1, -0.05) is 12.1 Å². The molecule has 0 aromatic heterocycles. The summed E-state index contributed by atoms with van der Waals surface area (Å²) in [6, 6.07) is 7.03. The van der Waals surface area contributed by atoms with Gasteiger partial charge in [0.05, 0.1) is 6.54 Å². The number of hydrogen-bond acceptors (Lipinski definition) is 3. The van der Waals surface area contributed by atoms with Crippen LogP contribution in [0, 0.1) is 0 Å². The molecular formula is C18H27F3IN3OS. The van der Waals surface area contributed by atoms with E-state index in [2.05, 4.69) is 21.9 Å². The van der Waals surface area contributed by atoms with Crippen molar-refractivity contribution in [1.29, 1.82) is 0 Å². The van der Waals surface area contributed by atoms with Crippen molar-refractivity contribution in [2.24, 2.45) is 4.99 Å². The summed E-state index contributed by atoms with van der Waals surface area (Å²) in [5.41, 5.74) is 0.801. The average molecular weight is 517 g/mol. The van der Waals surface area contributed by atoms with Gasteiger partial charge in [-0.15, -0.1) is 24.0 Å². The normalized spacial score (nSPS) is 20.1. The average Bonchev–Trinajstić information content (AvgIpc) is 3.05. The van der Waals surface area contributed by atoms with Crippen LogP contribution in [-0.4, -0.2) is 42.8 Å². The van der Waals surface area contributed by atoms with Crippen molar-refractivity contribution < 1.29 is 17.9 Å². The van der Waals surface area contributed by atoms with Crippen LogP contribution < -0.4 is 15.4 Å². The zero-order valence-corrected chi connectivity index (χ0v) is 18.7. The Morgan fingerprint density at radius 2 is 2.11 bits per heavy atom.